The summed E-state index contributed by atoms with van der Waals surface area (Å²) in [5, 5.41) is 0. The average molecular weight is 220 g/mol. The second-order valence-electron chi connectivity index (χ2n) is 2.20. The molecule has 0 N–H and O–H groups in total. The lowest BCUT2D eigenvalue weighted by molar-refractivity contribution is 0.574. The lowest BCUT2D eigenvalue weighted by Crippen LogP contribution is -2.16. The maximum atomic E-state index is 10.9. The van der Waals surface area contributed by atoms with E-state index in [4.69, 9.17) is 23.6 Å². The van der Waals surface area contributed by atoms with E-state index in [-0.39, 0.29) is 9.10 Å². The molecule has 0 saturated heterocycles. The minimum atomic E-state index is -3.41. The monoisotopic (exact) mass is 219 g/mol. The number of unbranched alkanes of at least 4 members (excludes halogenated alkanes) is 2. The molecule has 0 bridgehead atoms. The number of rotatable bonds is 5. The van der Waals surface area contributed by atoms with Crippen LogP contribution >= 0.6 is 23.6 Å². The highest BCUT2D eigenvalue weighted by Gasteiger charge is 2.16. The molecule has 0 saturated carbocycles. The molecule has 0 fully saturated rings. The lowest BCUT2D eigenvalue weighted by Gasteiger charge is -2.04. The summed E-state index contributed by atoms with van der Waals surface area (Å²) in [7, 11) is -3.41. The van der Waals surface area contributed by atoms with Gasteiger partial charge in [-0.1, -0.05) is 19.8 Å². The van der Waals surface area contributed by atoms with Gasteiger partial charge in [0.25, 0.3) is 0 Å². The largest absolute Gasteiger partial charge is 0.241 e. The number of hydrogen-bond donors (Lipinski definition) is 0. The van der Waals surface area contributed by atoms with Gasteiger partial charge < -0.3 is 0 Å². The van der Waals surface area contributed by atoms with Gasteiger partial charge in [-0.25, -0.2) is 8.42 Å². The van der Waals surface area contributed by atoms with Gasteiger partial charge in [0.05, 0.1) is 5.75 Å². The fourth-order valence-corrected chi connectivity index (χ4v) is 1.72. The maximum absolute atomic E-state index is 10.9. The van der Waals surface area contributed by atoms with Gasteiger partial charge >= 0.3 is 0 Å². The van der Waals surface area contributed by atoms with Crippen molar-refractivity contribution in [2.75, 3.05) is 5.75 Å². The Balaban J connectivity index is 3.75. The van der Waals surface area contributed by atoms with Gasteiger partial charge in [0.1, 0.15) is 0 Å². The Labute approximate surface area is 77.5 Å². The van der Waals surface area contributed by atoms with Crippen molar-refractivity contribution in [1.82, 2.24) is 3.34 Å². The minimum absolute atomic E-state index is 0.0217. The topological polar surface area (TPSA) is 37.4 Å². The van der Waals surface area contributed by atoms with Crippen LogP contribution in [0.25, 0.3) is 0 Å². The fourth-order valence-electron chi connectivity index (χ4n) is 0.603. The van der Waals surface area contributed by atoms with Crippen LogP contribution in [0, 0.1) is 0 Å². The molecule has 0 aromatic heterocycles. The van der Waals surface area contributed by atoms with Crippen LogP contribution in [0.1, 0.15) is 26.2 Å². The molecule has 0 unspecified atom stereocenters. The molecule has 0 heterocycles. The molecule has 0 aliphatic rings. The maximum Gasteiger partial charge on any atom is 0.241 e. The van der Waals surface area contributed by atoms with Crippen LogP contribution in [0.5, 0.6) is 0 Å². The normalized spacial score (nSPS) is 12.4. The zero-order valence-corrected chi connectivity index (χ0v) is 8.58. The molecule has 0 atom stereocenters. The smallest absolute Gasteiger partial charge is 0.210 e. The van der Waals surface area contributed by atoms with Crippen molar-refractivity contribution in [3.05, 3.63) is 0 Å². The first-order valence-corrected chi connectivity index (χ1v) is 5.64. The molecule has 11 heavy (non-hydrogen) atoms. The number of sulfonamides is 1. The lowest BCUT2D eigenvalue weighted by atomic mass is 10.3. The van der Waals surface area contributed by atoms with Gasteiger partial charge in [-0.2, -0.15) is 0 Å². The average Bonchev–Trinajstić information content (AvgIpc) is 1.88. The van der Waals surface area contributed by atoms with Gasteiger partial charge in [-0.05, 0) is 9.76 Å². The van der Waals surface area contributed by atoms with Gasteiger partial charge in [-0.3, -0.25) is 0 Å². The minimum Gasteiger partial charge on any atom is -0.210 e. The molecule has 0 aliphatic heterocycles. The van der Waals surface area contributed by atoms with Gasteiger partial charge in [0, 0.05) is 23.6 Å². The summed E-state index contributed by atoms with van der Waals surface area (Å²) in [4.78, 5) is 0. The molecule has 68 valence electrons. The first-order chi connectivity index (χ1) is 5.00. The Kier molecular flexibility index (Phi) is 5.42. The Morgan fingerprint density at radius 1 is 1.27 bits per heavy atom. The molecule has 0 spiro atoms. The summed E-state index contributed by atoms with van der Waals surface area (Å²) >= 11 is 10.1. The predicted molar refractivity (Wildman–Crippen MR) is 46.9 cm³/mol. The van der Waals surface area contributed by atoms with Crippen molar-refractivity contribution >= 4 is 33.6 Å². The van der Waals surface area contributed by atoms with Crippen LogP contribution in [0.4, 0.5) is 0 Å². The van der Waals surface area contributed by atoms with Crippen LogP contribution in [0.3, 0.4) is 0 Å². The fraction of sp³-hybridized carbons (Fsp3) is 1.00. The van der Waals surface area contributed by atoms with E-state index in [1.54, 1.807) is 0 Å². The second-order valence-corrected chi connectivity index (χ2v) is 5.38. The highest BCUT2D eigenvalue weighted by Crippen LogP contribution is 2.11. The van der Waals surface area contributed by atoms with Crippen molar-refractivity contribution in [3.8, 4) is 0 Å². The van der Waals surface area contributed by atoms with Crippen LogP contribution < -0.4 is 0 Å². The van der Waals surface area contributed by atoms with Crippen molar-refractivity contribution < 1.29 is 8.42 Å². The van der Waals surface area contributed by atoms with E-state index in [1.807, 2.05) is 6.92 Å². The Bertz CT molecular complexity index is 191. The van der Waals surface area contributed by atoms with Crippen LogP contribution in [-0.4, -0.2) is 17.5 Å². The Hall–Kier alpha value is 0.490. The van der Waals surface area contributed by atoms with E-state index >= 15 is 0 Å². The molecule has 0 aliphatic carbocycles. The molecular weight excluding hydrogens is 209 g/mol. The Morgan fingerprint density at radius 3 is 2.18 bits per heavy atom. The first kappa shape index (κ1) is 11.5. The van der Waals surface area contributed by atoms with Gasteiger partial charge in [-0.15, -0.1) is 0 Å². The molecular formula is C5H11Cl2NO2S. The summed E-state index contributed by atoms with van der Waals surface area (Å²) in [5.41, 5.74) is 0. The van der Waals surface area contributed by atoms with E-state index in [9.17, 15) is 8.42 Å². The number of hydrogen-bond acceptors (Lipinski definition) is 2. The molecule has 0 radical (unpaired) electrons. The number of halogens is 2. The highest BCUT2D eigenvalue weighted by molar-refractivity contribution is 7.90. The third-order valence-electron chi connectivity index (χ3n) is 1.22. The van der Waals surface area contributed by atoms with Crippen molar-refractivity contribution in [1.29, 1.82) is 0 Å². The van der Waals surface area contributed by atoms with Crippen LogP contribution in [0.2, 0.25) is 0 Å². The zero-order valence-electron chi connectivity index (χ0n) is 6.26. The Morgan fingerprint density at radius 2 is 1.82 bits per heavy atom. The molecule has 0 amide bonds. The summed E-state index contributed by atoms with van der Waals surface area (Å²) in [6.45, 7) is 1.99. The summed E-state index contributed by atoms with van der Waals surface area (Å²) in [6.07, 6.45) is 2.45. The molecule has 3 nitrogen and oxygen atoms in total. The van der Waals surface area contributed by atoms with E-state index in [2.05, 4.69) is 0 Å². The van der Waals surface area contributed by atoms with E-state index in [1.165, 1.54) is 0 Å². The molecule has 0 rings (SSSR count). The van der Waals surface area contributed by atoms with Crippen LogP contribution in [-0.2, 0) is 10.0 Å². The standard InChI is InChI=1S/C5H11Cl2NO2S/c1-2-3-4-5-11(9,10)8(6)7/h2-5H2,1H3. The van der Waals surface area contributed by atoms with E-state index in [0.29, 0.717) is 6.42 Å². The van der Waals surface area contributed by atoms with E-state index in [0.717, 1.165) is 12.8 Å². The van der Waals surface area contributed by atoms with Gasteiger partial charge in [0.2, 0.25) is 10.0 Å². The van der Waals surface area contributed by atoms with Crippen molar-refractivity contribution in [2.24, 2.45) is 0 Å². The SMILES string of the molecule is CCCCCS(=O)(=O)N(Cl)Cl. The van der Waals surface area contributed by atoms with Crippen LogP contribution in [0.15, 0.2) is 0 Å². The molecule has 0 aromatic carbocycles. The quantitative estimate of drug-likeness (QED) is 0.525. The third-order valence-corrected chi connectivity index (χ3v) is 3.70. The number of nitrogens with zero attached hydrogens (tertiary/aromatic N) is 1. The van der Waals surface area contributed by atoms with Gasteiger partial charge in [0.15, 0.2) is 0 Å². The third kappa shape index (κ3) is 4.85. The molecule has 0 aromatic rings. The first-order valence-electron chi connectivity index (χ1n) is 3.35. The second kappa shape index (κ2) is 5.19. The predicted octanol–water partition coefficient (Wildman–Crippen LogP) is 2.12. The highest BCUT2D eigenvalue weighted by atomic mass is 35.5. The molecule has 6 heteroatoms. The summed E-state index contributed by atoms with van der Waals surface area (Å²) in [5.74, 6) is 0.0217. The summed E-state index contributed by atoms with van der Waals surface area (Å²) in [6, 6.07) is 0. The zero-order chi connectivity index (χ0) is 8.91. The van der Waals surface area contributed by atoms with E-state index < -0.39 is 10.0 Å². The van der Waals surface area contributed by atoms with Crippen molar-refractivity contribution in [3.63, 3.8) is 0 Å². The summed E-state index contributed by atoms with van der Waals surface area (Å²) < 4.78 is 22.0. The van der Waals surface area contributed by atoms with Crippen molar-refractivity contribution in [2.45, 2.75) is 26.2 Å².